The number of anilines is 3. The second kappa shape index (κ2) is 9.94. The van der Waals surface area contributed by atoms with Crippen molar-refractivity contribution in [3.8, 4) is 22.3 Å². The Morgan fingerprint density at radius 3 is 1.69 bits per heavy atom. The maximum Gasteiger partial charge on any atom is 0.0540 e. The monoisotopic (exact) mass is 627 g/mol. The van der Waals surface area contributed by atoms with Crippen LogP contribution in [-0.2, 0) is 10.8 Å². The lowest BCUT2D eigenvalue weighted by molar-refractivity contribution is 0.660. The highest BCUT2D eigenvalue weighted by Crippen LogP contribution is 2.53. The summed E-state index contributed by atoms with van der Waals surface area (Å²) >= 11 is 0. The summed E-state index contributed by atoms with van der Waals surface area (Å²) in [4.78, 5) is 2.50. The summed E-state index contributed by atoms with van der Waals surface area (Å²) < 4.78 is 0. The van der Waals surface area contributed by atoms with Gasteiger partial charge in [0, 0.05) is 27.6 Å². The number of hydrogen-bond acceptors (Lipinski definition) is 1. The molecule has 8 aromatic rings. The maximum atomic E-state index is 2.50. The van der Waals surface area contributed by atoms with Crippen molar-refractivity contribution >= 4 is 49.4 Å². The van der Waals surface area contributed by atoms with Crippen LogP contribution in [-0.4, -0.2) is 0 Å². The summed E-state index contributed by atoms with van der Waals surface area (Å²) in [5.41, 5.74) is 14.3. The molecule has 0 bridgehead atoms. The number of fused-ring (bicyclic) bond motifs is 11. The smallest absolute Gasteiger partial charge is 0.0540 e. The van der Waals surface area contributed by atoms with E-state index in [9.17, 15) is 0 Å². The minimum Gasteiger partial charge on any atom is -0.310 e. The van der Waals surface area contributed by atoms with E-state index in [0.29, 0.717) is 0 Å². The SMILES string of the molecule is CC1(C)c2ccccc2-c2cc(N(c3ccc4c(c3)C(C)(C)c3ccccc3-4)c3cccc4c3ccc3c5ccccc5ccc43)ccc21. The molecule has 10 rings (SSSR count). The second-order valence-corrected chi connectivity index (χ2v) is 15.0. The van der Waals surface area contributed by atoms with E-state index in [1.54, 1.807) is 0 Å². The molecule has 1 nitrogen and oxygen atoms in total. The van der Waals surface area contributed by atoms with Crippen LogP contribution >= 0.6 is 0 Å². The van der Waals surface area contributed by atoms with Gasteiger partial charge in [-0.2, -0.15) is 0 Å². The molecule has 0 N–H and O–H groups in total. The van der Waals surface area contributed by atoms with Crippen LogP contribution in [0.2, 0.25) is 0 Å². The lowest BCUT2D eigenvalue weighted by Gasteiger charge is -2.30. The van der Waals surface area contributed by atoms with Gasteiger partial charge in [-0.25, -0.2) is 0 Å². The van der Waals surface area contributed by atoms with Gasteiger partial charge in [0.05, 0.1) is 5.69 Å². The third kappa shape index (κ3) is 3.88. The Bertz CT molecular complexity index is 2670. The highest BCUT2D eigenvalue weighted by molar-refractivity contribution is 6.19. The largest absolute Gasteiger partial charge is 0.310 e. The van der Waals surface area contributed by atoms with Crippen LogP contribution in [0.1, 0.15) is 49.9 Å². The highest BCUT2D eigenvalue weighted by atomic mass is 15.1. The van der Waals surface area contributed by atoms with Crippen molar-refractivity contribution in [2.45, 2.75) is 38.5 Å². The van der Waals surface area contributed by atoms with Gasteiger partial charge in [0.2, 0.25) is 0 Å². The average molecular weight is 628 g/mol. The number of hydrogen-bond donors (Lipinski definition) is 0. The van der Waals surface area contributed by atoms with Crippen LogP contribution in [0.15, 0.2) is 152 Å². The topological polar surface area (TPSA) is 3.24 Å². The molecule has 8 aromatic carbocycles. The molecule has 0 unspecified atom stereocenters. The molecule has 0 aliphatic heterocycles. The Morgan fingerprint density at radius 1 is 0.347 bits per heavy atom. The summed E-state index contributed by atoms with van der Waals surface area (Å²) in [6.45, 7) is 9.45. The molecule has 2 aliphatic rings. The predicted octanol–water partition coefficient (Wildman–Crippen LogP) is 13.2. The maximum absolute atomic E-state index is 2.50. The molecule has 0 spiro atoms. The van der Waals surface area contributed by atoms with E-state index in [1.807, 2.05) is 0 Å². The predicted molar refractivity (Wildman–Crippen MR) is 209 cm³/mol. The van der Waals surface area contributed by atoms with Crippen LogP contribution < -0.4 is 4.90 Å². The Labute approximate surface area is 288 Å². The number of nitrogens with zero attached hydrogens (tertiary/aromatic N) is 1. The Balaban J connectivity index is 1.24. The lowest BCUT2D eigenvalue weighted by Crippen LogP contribution is -2.17. The molecule has 0 fully saturated rings. The van der Waals surface area contributed by atoms with Crippen LogP contribution in [0.3, 0.4) is 0 Å². The van der Waals surface area contributed by atoms with E-state index in [0.717, 1.165) is 0 Å². The molecule has 49 heavy (non-hydrogen) atoms. The van der Waals surface area contributed by atoms with Gasteiger partial charge < -0.3 is 4.90 Å². The Kier molecular flexibility index (Phi) is 5.75. The van der Waals surface area contributed by atoms with Crippen LogP contribution in [0.4, 0.5) is 17.1 Å². The van der Waals surface area contributed by atoms with E-state index in [1.165, 1.54) is 93.9 Å². The summed E-state index contributed by atoms with van der Waals surface area (Å²) in [7, 11) is 0. The minimum absolute atomic E-state index is 0.0419. The van der Waals surface area contributed by atoms with Crippen molar-refractivity contribution in [3.63, 3.8) is 0 Å². The third-order valence-electron chi connectivity index (χ3n) is 11.7. The number of rotatable bonds is 3. The standard InChI is InChI=1S/C48H37N/c1-47(2)43-18-10-8-15-38(43)41-28-31(22-27-44(41)47)49(32-21-24-39-37-14-7-9-17-42(37)48(3,4)45(39)29-32)46-19-11-16-34-36-23-20-30-12-5-6-13-33(30)35(36)25-26-40(34)46/h5-29H,1-4H3. The van der Waals surface area contributed by atoms with Crippen molar-refractivity contribution in [1.82, 2.24) is 0 Å². The minimum atomic E-state index is -0.0927. The van der Waals surface area contributed by atoms with Gasteiger partial charge in [-0.05, 0) is 102 Å². The lowest BCUT2D eigenvalue weighted by atomic mass is 9.82. The van der Waals surface area contributed by atoms with Crippen molar-refractivity contribution in [1.29, 1.82) is 0 Å². The zero-order valence-electron chi connectivity index (χ0n) is 28.4. The van der Waals surface area contributed by atoms with E-state index in [4.69, 9.17) is 0 Å². The van der Waals surface area contributed by atoms with Crippen molar-refractivity contribution in [2.24, 2.45) is 0 Å². The fourth-order valence-corrected chi connectivity index (χ4v) is 9.14. The second-order valence-electron chi connectivity index (χ2n) is 15.0. The average Bonchev–Trinajstić information content (AvgIpc) is 3.51. The first kappa shape index (κ1) is 28.4. The van der Waals surface area contributed by atoms with Gasteiger partial charge in [0.25, 0.3) is 0 Å². The van der Waals surface area contributed by atoms with Crippen LogP contribution in [0, 0.1) is 0 Å². The zero-order valence-corrected chi connectivity index (χ0v) is 28.4. The van der Waals surface area contributed by atoms with Gasteiger partial charge in [-0.15, -0.1) is 0 Å². The van der Waals surface area contributed by atoms with Crippen LogP contribution in [0.25, 0.3) is 54.6 Å². The molecule has 0 heterocycles. The zero-order chi connectivity index (χ0) is 33.1. The molecule has 0 amide bonds. The molecule has 234 valence electrons. The van der Waals surface area contributed by atoms with E-state index >= 15 is 0 Å². The molecular weight excluding hydrogens is 591 g/mol. The van der Waals surface area contributed by atoms with Gasteiger partial charge in [0.15, 0.2) is 0 Å². The third-order valence-corrected chi connectivity index (χ3v) is 11.7. The van der Waals surface area contributed by atoms with Gasteiger partial charge >= 0.3 is 0 Å². The summed E-state index contributed by atoms with van der Waals surface area (Å²) in [5, 5.41) is 7.66. The van der Waals surface area contributed by atoms with Crippen molar-refractivity contribution in [3.05, 3.63) is 174 Å². The summed E-state index contributed by atoms with van der Waals surface area (Å²) in [6.07, 6.45) is 0. The normalized spacial score (nSPS) is 14.9. The molecule has 2 aliphatic carbocycles. The fourth-order valence-electron chi connectivity index (χ4n) is 9.14. The quantitative estimate of drug-likeness (QED) is 0.176. The van der Waals surface area contributed by atoms with Crippen molar-refractivity contribution in [2.75, 3.05) is 4.90 Å². The van der Waals surface area contributed by atoms with Gasteiger partial charge in [0.1, 0.15) is 0 Å². The first-order valence-corrected chi connectivity index (χ1v) is 17.4. The van der Waals surface area contributed by atoms with Gasteiger partial charge in [-0.1, -0.05) is 149 Å². The molecule has 0 aromatic heterocycles. The molecule has 0 saturated carbocycles. The van der Waals surface area contributed by atoms with E-state index < -0.39 is 0 Å². The highest BCUT2D eigenvalue weighted by Gasteiger charge is 2.37. The fraction of sp³-hybridized carbons (Fsp3) is 0.125. The molecule has 0 radical (unpaired) electrons. The van der Waals surface area contributed by atoms with E-state index in [2.05, 4.69) is 184 Å². The first-order chi connectivity index (χ1) is 23.8. The summed E-state index contributed by atoms with van der Waals surface area (Å²) in [6, 6.07) is 56.9. The molecule has 0 atom stereocenters. The Morgan fingerprint density at radius 2 is 0.878 bits per heavy atom. The van der Waals surface area contributed by atoms with Gasteiger partial charge in [-0.3, -0.25) is 0 Å². The molecular formula is C48H37N. The molecule has 0 saturated heterocycles. The first-order valence-electron chi connectivity index (χ1n) is 17.4. The Hall–Kier alpha value is -5.66. The van der Waals surface area contributed by atoms with E-state index in [-0.39, 0.29) is 10.8 Å². The summed E-state index contributed by atoms with van der Waals surface area (Å²) in [5.74, 6) is 0. The molecule has 1 heteroatoms. The number of benzene rings is 8. The van der Waals surface area contributed by atoms with Crippen molar-refractivity contribution < 1.29 is 0 Å². The van der Waals surface area contributed by atoms with Crippen LogP contribution in [0.5, 0.6) is 0 Å².